The summed E-state index contributed by atoms with van der Waals surface area (Å²) in [6.45, 7) is 3.13. The highest BCUT2D eigenvalue weighted by Gasteiger charge is 2.38. The van der Waals surface area contributed by atoms with Gasteiger partial charge in [-0.05, 0) is 17.7 Å². The first-order chi connectivity index (χ1) is 10.0. The molecule has 1 aromatic carbocycles. The Morgan fingerprint density at radius 1 is 1.48 bits per heavy atom. The molecular weight excluding hydrogens is 292 g/mol. The monoisotopic (exact) mass is 312 g/mol. The van der Waals surface area contributed by atoms with Gasteiger partial charge in [0.15, 0.2) is 0 Å². The van der Waals surface area contributed by atoms with Crippen molar-refractivity contribution in [1.82, 2.24) is 4.90 Å². The Hall–Kier alpha value is -1.14. The summed E-state index contributed by atoms with van der Waals surface area (Å²) < 4.78 is 11.0. The van der Waals surface area contributed by atoms with E-state index in [9.17, 15) is 4.79 Å². The molecule has 6 heteroatoms. The lowest BCUT2D eigenvalue weighted by molar-refractivity contribution is -0.154. The largest absolute Gasteiger partial charge is 0.382 e. The average molecular weight is 313 g/mol. The fourth-order valence-electron chi connectivity index (χ4n) is 2.73. The zero-order valence-corrected chi connectivity index (χ0v) is 12.9. The number of primary amides is 1. The smallest absolute Gasteiger partial charge is 0.220 e. The van der Waals surface area contributed by atoms with Crippen molar-refractivity contribution in [3.63, 3.8) is 0 Å². The van der Waals surface area contributed by atoms with Crippen LogP contribution < -0.4 is 5.73 Å². The zero-order chi connectivity index (χ0) is 15.3. The number of nitrogens with zero attached hydrogens (tertiary/aromatic N) is 1. The average Bonchev–Trinajstić information content (AvgIpc) is 2.41. The Kier molecular flexibility index (Phi) is 5.58. The number of carbonyl (C=O) groups is 1. The van der Waals surface area contributed by atoms with Gasteiger partial charge < -0.3 is 15.2 Å². The fraction of sp³-hybridized carbons (Fsp3) is 0.533. The summed E-state index contributed by atoms with van der Waals surface area (Å²) in [5.74, 6) is -0.375. The number of hydrogen-bond donors (Lipinski definition) is 1. The molecule has 0 bridgehead atoms. The number of morpholine rings is 1. The molecule has 1 atom stereocenters. The molecule has 1 amide bonds. The molecular formula is C15H21ClN2O3. The first kappa shape index (κ1) is 16.2. The lowest BCUT2D eigenvalue weighted by Crippen LogP contribution is -2.55. The predicted molar refractivity (Wildman–Crippen MR) is 81.1 cm³/mol. The second-order valence-electron chi connectivity index (χ2n) is 5.44. The number of carbonyl (C=O) groups excluding carboxylic acids is 1. The van der Waals surface area contributed by atoms with Crippen LogP contribution in [-0.4, -0.2) is 49.8 Å². The van der Waals surface area contributed by atoms with Gasteiger partial charge in [-0.3, -0.25) is 9.69 Å². The van der Waals surface area contributed by atoms with E-state index < -0.39 is 5.60 Å². The Morgan fingerprint density at radius 3 is 2.81 bits per heavy atom. The van der Waals surface area contributed by atoms with E-state index in [2.05, 4.69) is 4.90 Å². The summed E-state index contributed by atoms with van der Waals surface area (Å²) in [4.78, 5) is 13.5. The second kappa shape index (κ2) is 7.22. The number of rotatable bonds is 6. The number of methoxy groups -OCH3 is 1. The Balaban J connectivity index is 2.04. The second-order valence-corrected chi connectivity index (χ2v) is 5.88. The van der Waals surface area contributed by atoms with Crippen molar-refractivity contribution in [1.29, 1.82) is 0 Å². The van der Waals surface area contributed by atoms with Crippen LogP contribution in [0, 0.1) is 0 Å². The van der Waals surface area contributed by atoms with E-state index in [4.69, 9.17) is 26.8 Å². The van der Waals surface area contributed by atoms with Crippen LogP contribution in [0.1, 0.15) is 12.0 Å². The van der Waals surface area contributed by atoms with Crippen molar-refractivity contribution in [2.45, 2.75) is 18.6 Å². The summed E-state index contributed by atoms with van der Waals surface area (Å²) in [6, 6.07) is 7.76. The first-order valence-corrected chi connectivity index (χ1v) is 7.29. The topological polar surface area (TPSA) is 64.8 Å². The van der Waals surface area contributed by atoms with E-state index in [0.29, 0.717) is 19.8 Å². The van der Waals surface area contributed by atoms with E-state index in [-0.39, 0.29) is 12.3 Å². The van der Waals surface area contributed by atoms with E-state index >= 15 is 0 Å². The summed E-state index contributed by atoms with van der Waals surface area (Å²) in [5, 5.41) is 0.725. The number of ether oxygens (including phenoxy) is 2. The molecule has 0 spiro atoms. The SMILES string of the molecule is COCC1(CC(N)=O)CN(Cc2ccc(Cl)cc2)CCO1. The van der Waals surface area contributed by atoms with E-state index in [1.165, 1.54) is 5.56 Å². The third-order valence-electron chi connectivity index (χ3n) is 3.55. The molecule has 0 radical (unpaired) electrons. The Bertz CT molecular complexity index is 476. The van der Waals surface area contributed by atoms with Crippen molar-refractivity contribution in [2.24, 2.45) is 5.73 Å². The van der Waals surface area contributed by atoms with Crippen LogP contribution in [0.15, 0.2) is 24.3 Å². The van der Waals surface area contributed by atoms with Crippen molar-refractivity contribution in [3.05, 3.63) is 34.9 Å². The van der Waals surface area contributed by atoms with Gasteiger partial charge in [-0.15, -0.1) is 0 Å². The van der Waals surface area contributed by atoms with Gasteiger partial charge in [-0.1, -0.05) is 23.7 Å². The number of halogens is 1. The Morgan fingerprint density at radius 2 is 2.19 bits per heavy atom. The van der Waals surface area contributed by atoms with E-state index in [1.807, 2.05) is 24.3 Å². The van der Waals surface area contributed by atoms with Crippen molar-refractivity contribution >= 4 is 17.5 Å². The van der Waals surface area contributed by atoms with Crippen LogP contribution in [0.2, 0.25) is 5.02 Å². The summed E-state index contributed by atoms with van der Waals surface area (Å²) in [7, 11) is 1.60. The maximum atomic E-state index is 11.3. The third-order valence-corrected chi connectivity index (χ3v) is 3.80. The van der Waals surface area contributed by atoms with Gasteiger partial charge in [0.05, 0.1) is 19.6 Å². The lowest BCUT2D eigenvalue weighted by atomic mass is 9.97. The normalized spacial score (nSPS) is 23.1. The highest BCUT2D eigenvalue weighted by molar-refractivity contribution is 6.30. The fourth-order valence-corrected chi connectivity index (χ4v) is 2.86. The summed E-state index contributed by atoms with van der Waals surface area (Å²) in [5.41, 5.74) is 5.87. The molecule has 5 nitrogen and oxygen atoms in total. The van der Waals surface area contributed by atoms with Gasteiger partial charge in [0, 0.05) is 31.8 Å². The molecule has 1 fully saturated rings. The standard InChI is InChI=1S/C15H21ClN2O3/c1-20-11-15(8-14(17)19)10-18(6-7-21-15)9-12-2-4-13(16)5-3-12/h2-5H,6-11H2,1H3,(H2,17,19). The van der Waals surface area contributed by atoms with E-state index in [0.717, 1.165) is 18.1 Å². The third kappa shape index (κ3) is 4.68. The Labute approximate surface area is 130 Å². The van der Waals surface area contributed by atoms with Crippen LogP contribution in [0.3, 0.4) is 0 Å². The zero-order valence-electron chi connectivity index (χ0n) is 12.2. The van der Waals surface area contributed by atoms with Crippen LogP contribution in [0.5, 0.6) is 0 Å². The van der Waals surface area contributed by atoms with Crippen molar-refractivity contribution in [3.8, 4) is 0 Å². The van der Waals surface area contributed by atoms with Gasteiger partial charge in [-0.25, -0.2) is 0 Å². The predicted octanol–water partition coefficient (Wildman–Crippen LogP) is 1.43. The molecule has 2 rings (SSSR count). The van der Waals surface area contributed by atoms with Gasteiger partial charge in [0.2, 0.25) is 5.91 Å². The molecule has 116 valence electrons. The molecule has 1 aliphatic heterocycles. The molecule has 21 heavy (non-hydrogen) atoms. The number of benzene rings is 1. The van der Waals surface area contributed by atoms with Gasteiger partial charge in [0.25, 0.3) is 0 Å². The van der Waals surface area contributed by atoms with E-state index in [1.54, 1.807) is 7.11 Å². The highest BCUT2D eigenvalue weighted by Crippen LogP contribution is 2.24. The number of nitrogens with two attached hydrogens (primary N) is 1. The first-order valence-electron chi connectivity index (χ1n) is 6.91. The minimum Gasteiger partial charge on any atom is -0.382 e. The molecule has 1 aromatic rings. The van der Waals surface area contributed by atoms with Crippen LogP contribution in [0.4, 0.5) is 0 Å². The molecule has 1 heterocycles. The van der Waals surface area contributed by atoms with Crippen LogP contribution >= 0.6 is 11.6 Å². The van der Waals surface area contributed by atoms with Crippen molar-refractivity contribution in [2.75, 3.05) is 33.4 Å². The van der Waals surface area contributed by atoms with Gasteiger partial charge >= 0.3 is 0 Å². The van der Waals surface area contributed by atoms with Crippen molar-refractivity contribution < 1.29 is 14.3 Å². The van der Waals surface area contributed by atoms with Gasteiger partial charge in [0.1, 0.15) is 5.60 Å². The van der Waals surface area contributed by atoms with Crippen LogP contribution in [0.25, 0.3) is 0 Å². The molecule has 1 unspecified atom stereocenters. The van der Waals surface area contributed by atoms with Crippen LogP contribution in [-0.2, 0) is 20.8 Å². The highest BCUT2D eigenvalue weighted by atomic mass is 35.5. The minimum atomic E-state index is -0.648. The summed E-state index contributed by atoms with van der Waals surface area (Å²) >= 11 is 5.90. The number of amides is 1. The maximum absolute atomic E-state index is 11.3. The number of hydrogen-bond acceptors (Lipinski definition) is 4. The maximum Gasteiger partial charge on any atom is 0.220 e. The van der Waals surface area contributed by atoms with Gasteiger partial charge in [-0.2, -0.15) is 0 Å². The molecule has 0 aliphatic carbocycles. The molecule has 1 saturated heterocycles. The molecule has 0 aromatic heterocycles. The lowest BCUT2D eigenvalue weighted by Gasteiger charge is -2.41. The molecule has 2 N–H and O–H groups in total. The molecule has 0 saturated carbocycles. The summed E-state index contributed by atoms with van der Waals surface area (Å²) in [6.07, 6.45) is 0.165. The minimum absolute atomic E-state index is 0.165. The quantitative estimate of drug-likeness (QED) is 0.863. The molecule has 1 aliphatic rings.